The highest BCUT2D eigenvalue weighted by atomic mass is 32.2. The Balaban J connectivity index is 0.000000459. The maximum atomic E-state index is 13.6. The van der Waals surface area contributed by atoms with Crippen LogP contribution in [0.2, 0.25) is 0 Å². The molecule has 1 fully saturated rings. The Morgan fingerprint density at radius 2 is 1.82 bits per heavy atom. The smallest absolute Gasteiger partial charge is 0.245 e. The second kappa shape index (κ2) is 12.9. The van der Waals surface area contributed by atoms with Crippen LogP contribution in [0, 0.1) is 5.82 Å². The summed E-state index contributed by atoms with van der Waals surface area (Å²) in [5.74, 6) is 0.758. The summed E-state index contributed by atoms with van der Waals surface area (Å²) in [5, 5.41) is 0. The van der Waals surface area contributed by atoms with Crippen molar-refractivity contribution in [3.8, 4) is 5.88 Å². The molecule has 0 bridgehead atoms. The van der Waals surface area contributed by atoms with Crippen LogP contribution in [0.3, 0.4) is 0 Å². The largest absolute Gasteiger partial charge is 0.768 e. The summed E-state index contributed by atoms with van der Waals surface area (Å²) < 4.78 is 40.4. The molecule has 0 aliphatic carbocycles. The van der Waals surface area contributed by atoms with Crippen molar-refractivity contribution in [1.29, 1.82) is 0 Å². The number of amides is 1. The number of rotatable bonds is 5. The van der Waals surface area contributed by atoms with Gasteiger partial charge in [0, 0.05) is 57.9 Å². The van der Waals surface area contributed by atoms with Gasteiger partial charge in [0.25, 0.3) is 0 Å². The first-order valence-electron chi connectivity index (χ1n) is 12.7. The first-order chi connectivity index (χ1) is 18.8. The number of anilines is 3. The molecular weight excluding hydrogens is 523 g/mol. The highest BCUT2D eigenvalue weighted by Crippen LogP contribution is 2.30. The number of hydrogen-bond donors (Lipinski definition) is 1. The van der Waals surface area contributed by atoms with E-state index in [2.05, 4.69) is 19.8 Å². The average molecular weight is 560 g/mol. The van der Waals surface area contributed by atoms with Crippen LogP contribution in [0.5, 0.6) is 5.88 Å². The fourth-order valence-electron chi connectivity index (χ4n) is 4.81. The molecule has 212 valence electrons. The lowest BCUT2D eigenvalue weighted by Crippen LogP contribution is -2.55. The molecule has 12 heteroatoms. The molecule has 1 amide bonds. The fraction of sp³-hybridized carbons (Fsp3) is 0.370. The number of carbonyl (C=O) groups excluding carboxylic acids is 1. The highest BCUT2D eigenvalue weighted by molar-refractivity contribution is 7.79. The molecule has 5 rings (SSSR count). The Kier molecular flexibility index (Phi) is 9.31. The molecule has 3 heterocycles. The minimum absolute atomic E-state index is 0. The number of ether oxygens (including phenoxy) is 1. The van der Waals surface area contributed by atoms with Crippen molar-refractivity contribution < 1.29 is 25.5 Å². The van der Waals surface area contributed by atoms with Gasteiger partial charge in [0.2, 0.25) is 11.8 Å². The molecule has 1 saturated heterocycles. The third-order valence-electron chi connectivity index (χ3n) is 6.88. The molecule has 2 N–H and O–H groups in total. The summed E-state index contributed by atoms with van der Waals surface area (Å²) in [7, 11) is 1.53. The summed E-state index contributed by atoms with van der Waals surface area (Å²) in [5.41, 5.74) is 8.18. The number of fused-ring (bicyclic) bond motifs is 1. The molecule has 1 aromatic heterocycles. The van der Waals surface area contributed by atoms with Gasteiger partial charge < -0.3 is 29.7 Å². The quantitative estimate of drug-likeness (QED) is 0.469. The minimum atomic E-state index is -2.23. The Bertz CT molecular complexity index is 1320. The monoisotopic (exact) mass is 559 g/mol. The molecule has 0 radical (unpaired) electrons. The van der Waals surface area contributed by atoms with Crippen LogP contribution in [0.1, 0.15) is 21.8 Å². The number of aryl methyl sites for hydroxylation is 1. The third kappa shape index (κ3) is 7.01. The van der Waals surface area contributed by atoms with Gasteiger partial charge in [-0.2, -0.15) is 0 Å². The van der Waals surface area contributed by atoms with Gasteiger partial charge in [0.05, 0.1) is 7.11 Å². The van der Waals surface area contributed by atoms with Crippen molar-refractivity contribution in [3.05, 3.63) is 66.2 Å². The van der Waals surface area contributed by atoms with Crippen LogP contribution in [0.15, 0.2) is 59.8 Å². The van der Waals surface area contributed by atoms with E-state index < -0.39 is 11.1 Å². The number of nitrogens with zero attached hydrogens (tertiary/aromatic N) is 5. The van der Waals surface area contributed by atoms with E-state index in [0.717, 1.165) is 36.3 Å². The minimum Gasteiger partial charge on any atom is -0.768 e. The summed E-state index contributed by atoms with van der Waals surface area (Å²) in [6.07, 6.45) is 3.10. The zero-order valence-electron chi connectivity index (χ0n) is 22.0. The third-order valence-corrected chi connectivity index (χ3v) is 7.54. The van der Waals surface area contributed by atoms with Crippen LogP contribution >= 0.6 is 0 Å². The molecule has 2 aliphatic heterocycles. The number of nitrogens with two attached hydrogens (primary N) is 1. The van der Waals surface area contributed by atoms with Crippen molar-refractivity contribution >= 4 is 34.2 Å². The van der Waals surface area contributed by atoms with E-state index in [-0.39, 0.29) is 25.5 Å². The maximum Gasteiger partial charge on any atom is 0.245 e. The summed E-state index contributed by atoms with van der Waals surface area (Å²) >= 11 is -2.23. The topological polar surface area (TPSA) is 128 Å². The van der Waals surface area contributed by atoms with Crippen molar-refractivity contribution in [2.24, 2.45) is 0 Å². The van der Waals surface area contributed by atoms with E-state index >= 15 is 0 Å². The molecule has 10 nitrogen and oxygen atoms in total. The van der Waals surface area contributed by atoms with Crippen molar-refractivity contribution in [3.63, 3.8) is 0 Å². The summed E-state index contributed by atoms with van der Waals surface area (Å²) in [6.45, 7) is 5.33. The SMILES string of the molecule is COc1cc(N)ncn1.C[C@H](C(=O)N1CCN(c2ccc(S(=O)[O-])cc2)CC1)N1CCCc2cc(F)ccc21.[HH].[HH]. The van der Waals surface area contributed by atoms with E-state index in [9.17, 15) is 17.9 Å². The van der Waals surface area contributed by atoms with Crippen molar-refractivity contribution in [1.82, 2.24) is 14.9 Å². The molecule has 0 spiro atoms. The Morgan fingerprint density at radius 3 is 2.44 bits per heavy atom. The van der Waals surface area contributed by atoms with Gasteiger partial charge in [0.15, 0.2) is 0 Å². The normalized spacial score (nSPS) is 16.5. The van der Waals surface area contributed by atoms with Gasteiger partial charge >= 0.3 is 0 Å². The predicted molar refractivity (Wildman–Crippen MR) is 151 cm³/mol. The molecule has 1 unspecified atom stereocenters. The first-order valence-corrected chi connectivity index (χ1v) is 13.7. The van der Waals surface area contributed by atoms with Gasteiger partial charge in [0.1, 0.15) is 24.0 Å². The number of aromatic nitrogens is 2. The number of halogens is 1. The van der Waals surface area contributed by atoms with E-state index in [4.69, 9.17) is 10.5 Å². The second-order valence-electron chi connectivity index (χ2n) is 9.27. The van der Waals surface area contributed by atoms with Gasteiger partial charge in [-0.1, -0.05) is 0 Å². The van der Waals surface area contributed by atoms with Gasteiger partial charge in [-0.25, -0.2) is 14.4 Å². The Labute approximate surface area is 232 Å². The van der Waals surface area contributed by atoms with Gasteiger partial charge in [-0.05, 0) is 78.9 Å². The number of benzene rings is 2. The van der Waals surface area contributed by atoms with E-state index in [1.54, 1.807) is 42.5 Å². The number of nitrogen functional groups attached to an aromatic ring is 1. The lowest BCUT2D eigenvalue weighted by Gasteiger charge is -2.41. The summed E-state index contributed by atoms with van der Waals surface area (Å²) in [4.78, 5) is 27.0. The fourth-order valence-corrected chi connectivity index (χ4v) is 5.17. The van der Waals surface area contributed by atoms with Crippen molar-refractivity contribution in [2.45, 2.75) is 30.7 Å². The van der Waals surface area contributed by atoms with E-state index in [1.165, 1.54) is 19.5 Å². The molecular formula is C27H36FN6O4S-. The number of piperazine rings is 1. The van der Waals surface area contributed by atoms with Crippen molar-refractivity contribution in [2.75, 3.05) is 55.4 Å². The standard InChI is InChI=1S/C22H26FN3O3S.C5H7N3O.2H2/c1-16(26-10-2-3-17-15-18(23)4-9-21(17)26)22(27)25-13-11-24(12-14-25)19-5-7-20(8-6-19)30(28)29;1-9-5-2-4(6)7-3-8-5;;/h4-9,15-16H,2-3,10-14H2,1H3,(H,28,29);2-3H,1H3,(H2,6,7,8);2*1H/p-1/t16-;;;/m1.../s1. The first kappa shape index (κ1) is 28.2. The molecule has 2 aliphatic rings. The van der Waals surface area contributed by atoms with Crippen LogP contribution in [0.4, 0.5) is 21.6 Å². The lowest BCUT2D eigenvalue weighted by atomic mass is 9.99. The molecule has 2 atom stereocenters. The van der Waals surface area contributed by atoms with E-state index in [0.29, 0.717) is 37.9 Å². The number of methoxy groups -OCH3 is 1. The Hall–Kier alpha value is -3.77. The molecule has 3 aromatic rings. The van der Waals surface area contributed by atoms with E-state index in [1.807, 2.05) is 11.8 Å². The molecule has 0 saturated carbocycles. The zero-order chi connectivity index (χ0) is 27.9. The van der Waals surface area contributed by atoms with Gasteiger partial charge in [-0.3, -0.25) is 9.00 Å². The molecule has 2 aromatic carbocycles. The highest BCUT2D eigenvalue weighted by Gasteiger charge is 2.31. The Morgan fingerprint density at radius 1 is 1.10 bits per heavy atom. The predicted octanol–water partition coefficient (Wildman–Crippen LogP) is 3.11. The number of carbonyl (C=O) groups is 1. The molecule has 39 heavy (non-hydrogen) atoms. The van der Waals surface area contributed by atoms with Crippen LogP contribution < -0.4 is 20.3 Å². The summed E-state index contributed by atoms with van der Waals surface area (Å²) in [6, 6.07) is 12.9. The average Bonchev–Trinajstić information content (AvgIpc) is 2.96. The lowest BCUT2D eigenvalue weighted by molar-refractivity contribution is -0.132. The van der Waals surface area contributed by atoms with Gasteiger partial charge in [-0.15, -0.1) is 0 Å². The maximum absolute atomic E-state index is 13.6. The van der Waals surface area contributed by atoms with Crippen LogP contribution in [-0.4, -0.2) is 75.4 Å². The van der Waals surface area contributed by atoms with Crippen LogP contribution in [-0.2, 0) is 22.3 Å². The van der Waals surface area contributed by atoms with Crippen LogP contribution in [0.25, 0.3) is 0 Å². The zero-order valence-corrected chi connectivity index (χ0v) is 22.8. The second-order valence-corrected chi connectivity index (χ2v) is 10.2. The number of hydrogen-bond acceptors (Lipinski definition) is 9.